The lowest BCUT2D eigenvalue weighted by atomic mass is 10.0. The number of nitrogens with two attached hydrogens (primary N) is 2. The first kappa shape index (κ1) is 9.30. The molecule has 1 atom stereocenters. The van der Waals surface area contributed by atoms with E-state index in [0.717, 1.165) is 5.56 Å². The zero-order chi connectivity index (χ0) is 9.84. The second kappa shape index (κ2) is 3.74. The Labute approximate surface area is 77.3 Å². The monoisotopic (exact) mass is 173 g/mol. The van der Waals surface area contributed by atoms with Crippen molar-refractivity contribution in [1.82, 2.24) is 0 Å². The molecule has 66 valence electrons. The van der Waals surface area contributed by atoms with Gasteiger partial charge in [-0.15, -0.1) is 6.58 Å². The molecule has 1 rings (SSSR count). The van der Waals surface area contributed by atoms with E-state index in [2.05, 4.69) is 6.58 Å². The van der Waals surface area contributed by atoms with Gasteiger partial charge >= 0.3 is 0 Å². The molecule has 0 saturated heterocycles. The molecule has 0 unspecified atom stereocenters. The molecular formula is C10H11N3. The van der Waals surface area contributed by atoms with Gasteiger partial charge in [0.05, 0.1) is 11.6 Å². The normalized spacial score (nSPS) is 11.7. The fourth-order valence-electron chi connectivity index (χ4n) is 1.06. The van der Waals surface area contributed by atoms with Crippen molar-refractivity contribution in [2.45, 2.75) is 6.04 Å². The van der Waals surface area contributed by atoms with Crippen LogP contribution in [0.25, 0.3) is 0 Å². The molecule has 0 heterocycles. The zero-order valence-corrected chi connectivity index (χ0v) is 7.20. The molecular weight excluding hydrogens is 162 g/mol. The first-order valence-electron chi connectivity index (χ1n) is 3.86. The van der Waals surface area contributed by atoms with Crippen LogP contribution in [0.5, 0.6) is 0 Å². The van der Waals surface area contributed by atoms with E-state index in [9.17, 15) is 0 Å². The summed E-state index contributed by atoms with van der Waals surface area (Å²) in [5.41, 5.74) is 13.3. The van der Waals surface area contributed by atoms with Gasteiger partial charge in [0.2, 0.25) is 0 Å². The SMILES string of the molecule is C=C[C@@H](N)c1cc(C#N)ccc1N. The highest BCUT2D eigenvalue weighted by Crippen LogP contribution is 2.20. The molecule has 0 aliphatic carbocycles. The van der Waals surface area contributed by atoms with Crippen LogP contribution >= 0.6 is 0 Å². The molecule has 0 saturated carbocycles. The van der Waals surface area contributed by atoms with E-state index < -0.39 is 0 Å². The highest BCUT2D eigenvalue weighted by Gasteiger charge is 2.06. The van der Waals surface area contributed by atoms with Crippen molar-refractivity contribution in [3.05, 3.63) is 42.0 Å². The maximum absolute atomic E-state index is 8.65. The Morgan fingerprint density at radius 2 is 2.23 bits per heavy atom. The summed E-state index contributed by atoms with van der Waals surface area (Å²) in [7, 11) is 0. The number of hydrogen-bond acceptors (Lipinski definition) is 3. The minimum atomic E-state index is -0.312. The number of anilines is 1. The quantitative estimate of drug-likeness (QED) is 0.523. The summed E-state index contributed by atoms with van der Waals surface area (Å²) < 4.78 is 0. The lowest BCUT2D eigenvalue weighted by molar-refractivity contribution is 0.917. The summed E-state index contributed by atoms with van der Waals surface area (Å²) in [5, 5.41) is 8.65. The van der Waals surface area contributed by atoms with Crippen LogP contribution in [0, 0.1) is 11.3 Å². The van der Waals surface area contributed by atoms with Crippen LogP contribution < -0.4 is 11.5 Å². The van der Waals surface area contributed by atoms with Gasteiger partial charge in [0.25, 0.3) is 0 Å². The summed E-state index contributed by atoms with van der Waals surface area (Å²) in [6.07, 6.45) is 1.59. The van der Waals surface area contributed by atoms with Gasteiger partial charge in [0.15, 0.2) is 0 Å². The smallest absolute Gasteiger partial charge is 0.0991 e. The van der Waals surface area contributed by atoms with Crippen LogP contribution in [0.3, 0.4) is 0 Å². The van der Waals surface area contributed by atoms with Crippen molar-refractivity contribution < 1.29 is 0 Å². The molecule has 0 spiro atoms. The summed E-state index contributed by atoms with van der Waals surface area (Å²) >= 11 is 0. The number of hydrogen-bond donors (Lipinski definition) is 2. The summed E-state index contributed by atoms with van der Waals surface area (Å²) in [6, 6.07) is 6.74. The van der Waals surface area contributed by atoms with Gasteiger partial charge in [-0.3, -0.25) is 0 Å². The standard InChI is InChI=1S/C10H11N3/c1-2-9(12)8-5-7(6-11)3-4-10(8)13/h2-5,9H,1,12-13H2/t9-/m1/s1. The average molecular weight is 173 g/mol. The fourth-order valence-corrected chi connectivity index (χ4v) is 1.06. The van der Waals surface area contributed by atoms with Crippen LogP contribution in [0.4, 0.5) is 5.69 Å². The topological polar surface area (TPSA) is 75.8 Å². The summed E-state index contributed by atoms with van der Waals surface area (Å²) in [5.74, 6) is 0. The zero-order valence-electron chi connectivity index (χ0n) is 7.20. The van der Waals surface area contributed by atoms with E-state index in [1.54, 1.807) is 24.3 Å². The first-order chi connectivity index (χ1) is 6.19. The van der Waals surface area contributed by atoms with E-state index in [1.807, 2.05) is 6.07 Å². The number of rotatable bonds is 2. The van der Waals surface area contributed by atoms with Crippen LogP contribution in [-0.4, -0.2) is 0 Å². The van der Waals surface area contributed by atoms with Crippen LogP contribution in [0.15, 0.2) is 30.9 Å². The Kier molecular flexibility index (Phi) is 2.68. The average Bonchev–Trinajstić information content (AvgIpc) is 2.17. The number of benzene rings is 1. The summed E-state index contributed by atoms with van der Waals surface area (Å²) in [4.78, 5) is 0. The molecule has 0 aliphatic rings. The van der Waals surface area contributed by atoms with Crippen molar-refractivity contribution in [3.63, 3.8) is 0 Å². The summed E-state index contributed by atoms with van der Waals surface area (Å²) in [6.45, 7) is 3.57. The van der Waals surface area contributed by atoms with Crippen LogP contribution in [-0.2, 0) is 0 Å². The maximum Gasteiger partial charge on any atom is 0.0991 e. The molecule has 3 nitrogen and oxygen atoms in total. The van der Waals surface area contributed by atoms with Crippen molar-refractivity contribution in [1.29, 1.82) is 5.26 Å². The molecule has 0 fully saturated rings. The van der Waals surface area contributed by atoms with E-state index >= 15 is 0 Å². The third-order valence-corrected chi connectivity index (χ3v) is 1.83. The van der Waals surface area contributed by atoms with Crippen molar-refractivity contribution >= 4 is 5.69 Å². The van der Waals surface area contributed by atoms with Gasteiger partial charge in [-0.05, 0) is 23.8 Å². The minimum Gasteiger partial charge on any atom is -0.398 e. The minimum absolute atomic E-state index is 0.312. The van der Waals surface area contributed by atoms with Gasteiger partial charge in [-0.1, -0.05) is 6.08 Å². The molecule has 0 radical (unpaired) electrons. The Morgan fingerprint density at radius 1 is 1.54 bits per heavy atom. The molecule has 1 aromatic carbocycles. The van der Waals surface area contributed by atoms with E-state index in [-0.39, 0.29) is 6.04 Å². The van der Waals surface area contributed by atoms with Crippen molar-refractivity contribution in [2.24, 2.45) is 5.73 Å². The number of nitrogen functional groups attached to an aromatic ring is 1. The predicted octanol–water partition coefficient (Wildman–Crippen LogP) is 1.33. The van der Waals surface area contributed by atoms with Crippen molar-refractivity contribution in [2.75, 3.05) is 5.73 Å². The lowest BCUT2D eigenvalue weighted by Crippen LogP contribution is -2.09. The van der Waals surface area contributed by atoms with Gasteiger partial charge < -0.3 is 11.5 Å². The largest absolute Gasteiger partial charge is 0.398 e. The van der Waals surface area contributed by atoms with E-state index in [4.69, 9.17) is 16.7 Å². The van der Waals surface area contributed by atoms with Gasteiger partial charge in [-0.2, -0.15) is 5.26 Å². The molecule has 13 heavy (non-hydrogen) atoms. The third kappa shape index (κ3) is 1.86. The Bertz CT molecular complexity index is 363. The molecule has 0 bridgehead atoms. The highest BCUT2D eigenvalue weighted by molar-refractivity contribution is 5.53. The predicted molar refractivity (Wildman–Crippen MR) is 52.7 cm³/mol. The molecule has 3 heteroatoms. The van der Waals surface area contributed by atoms with Gasteiger partial charge in [0, 0.05) is 11.7 Å². The van der Waals surface area contributed by atoms with E-state index in [0.29, 0.717) is 11.3 Å². The van der Waals surface area contributed by atoms with Crippen LogP contribution in [0.2, 0.25) is 0 Å². The fraction of sp³-hybridized carbons (Fsp3) is 0.100. The van der Waals surface area contributed by atoms with Gasteiger partial charge in [-0.25, -0.2) is 0 Å². The number of nitriles is 1. The number of nitrogens with zero attached hydrogens (tertiary/aromatic N) is 1. The Balaban J connectivity index is 3.20. The second-order valence-electron chi connectivity index (χ2n) is 2.72. The molecule has 0 aromatic heterocycles. The second-order valence-corrected chi connectivity index (χ2v) is 2.72. The Morgan fingerprint density at radius 3 is 2.77 bits per heavy atom. The highest BCUT2D eigenvalue weighted by atomic mass is 14.7. The van der Waals surface area contributed by atoms with E-state index in [1.165, 1.54) is 0 Å². The molecule has 0 amide bonds. The van der Waals surface area contributed by atoms with Crippen molar-refractivity contribution in [3.8, 4) is 6.07 Å². The third-order valence-electron chi connectivity index (χ3n) is 1.83. The van der Waals surface area contributed by atoms with Crippen LogP contribution in [0.1, 0.15) is 17.2 Å². The lowest BCUT2D eigenvalue weighted by Gasteiger charge is -2.09. The first-order valence-corrected chi connectivity index (χ1v) is 3.86. The van der Waals surface area contributed by atoms with Gasteiger partial charge in [0.1, 0.15) is 0 Å². The molecule has 4 N–H and O–H groups in total. The Hall–Kier alpha value is -1.79. The maximum atomic E-state index is 8.65. The molecule has 1 aromatic rings. The molecule has 0 aliphatic heterocycles.